The van der Waals surface area contributed by atoms with E-state index in [0.29, 0.717) is 0 Å². The Balaban J connectivity index is 0.000000353. The largest absolute Gasteiger partial charge is 0.497 e. The molecular formula is C34H44BNO3. The molecule has 1 aromatic heterocycles. The van der Waals surface area contributed by atoms with Crippen molar-refractivity contribution in [2.75, 3.05) is 21.3 Å². The summed E-state index contributed by atoms with van der Waals surface area (Å²) in [5, 5.41) is 0. The summed E-state index contributed by atoms with van der Waals surface area (Å²) in [6.45, 7) is 5.61. The van der Waals surface area contributed by atoms with E-state index in [0.717, 1.165) is 43.0 Å². The molecule has 5 heteroatoms. The lowest BCUT2D eigenvalue weighted by atomic mass is 9.14. The van der Waals surface area contributed by atoms with Gasteiger partial charge in [-0.15, -0.1) is 0 Å². The van der Waals surface area contributed by atoms with Gasteiger partial charge in [0.05, 0.1) is 27.5 Å². The first-order valence-corrected chi connectivity index (χ1v) is 14.2. The minimum atomic E-state index is -1.14. The van der Waals surface area contributed by atoms with Gasteiger partial charge in [0.25, 0.3) is 0 Å². The fraction of sp³-hybridized carbons (Fsp3) is 0.324. The summed E-state index contributed by atoms with van der Waals surface area (Å²) in [7, 11) is 5.12. The molecule has 0 atom stereocenters. The molecule has 0 amide bonds. The van der Waals surface area contributed by atoms with Gasteiger partial charge < -0.3 is 14.2 Å². The topological polar surface area (TPSA) is 31.6 Å². The summed E-state index contributed by atoms with van der Waals surface area (Å²) in [4.78, 5) is 0. The average molecular weight is 526 g/mol. The highest BCUT2D eigenvalue weighted by molar-refractivity contribution is 7.11. The van der Waals surface area contributed by atoms with Gasteiger partial charge in [-0.1, -0.05) is 75.6 Å². The zero-order valence-electron chi connectivity index (χ0n) is 24.3. The smallest absolute Gasteiger partial charge is 0.168 e. The lowest BCUT2D eigenvalue weighted by Crippen LogP contribution is -2.66. The molecule has 0 aliphatic rings. The summed E-state index contributed by atoms with van der Waals surface area (Å²) >= 11 is 0. The molecule has 4 rings (SSSR count). The maximum atomic E-state index is 5.41. The van der Waals surface area contributed by atoms with Gasteiger partial charge in [-0.3, -0.25) is 0 Å². The van der Waals surface area contributed by atoms with E-state index < -0.39 is 6.15 Å². The van der Waals surface area contributed by atoms with Crippen LogP contribution in [0.15, 0.2) is 103 Å². The summed E-state index contributed by atoms with van der Waals surface area (Å²) in [5.41, 5.74) is 3.94. The summed E-state index contributed by atoms with van der Waals surface area (Å²) in [5.74, 6) is 2.62. The third-order valence-corrected chi connectivity index (χ3v) is 7.59. The minimum Gasteiger partial charge on any atom is -0.497 e. The first kappa shape index (κ1) is 29.8. The molecule has 0 aliphatic carbocycles. The number of pyridine rings is 1. The van der Waals surface area contributed by atoms with Crippen LogP contribution in [0.2, 0.25) is 6.32 Å². The Labute approximate surface area is 235 Å². The first-order valence-electron chi connectivity index (χ1n) is 14.2. The Morgan fingerprint density at radius 1 is 0.538 bits per heavy atom. The first-order chi connectivity index (χ1) is 19.1. The predicted octanol–water partition coefficient (Wildman–Crippen LogP) is 5.76. The lowest BCUT2D eigenvalue weighted by Gasteiger charge is -2.43. The highest BCUT2D eigenvalue weighted by atomic mass is 16.5. The van der Waals surface area contributed by atoms with E-state index in [1.165, 1.54) is 29.2 Å². The van der Waals surface area contributed by atoms with Crippen molar-refractivity contribution in [3.05, 3.63) is 103 Å². The van der Waals surface area contributed by atoms with Crippen LogP contribution >= 0.6 is 0 Å². The van der Waals surface area contributed by atoms with Gasteiger partial charge in [-0.05, 0) is 36.4 Å². The number of hydrogen-bond donors (Lipinski definition) is 0. The number of aryl methyl sites for hydroxylation is 1. The van der Waals surface area contributed by atoms with Gasteiger partial charge in [-0.25, -0.2) is 4.57 Å². The predicted molar refractivity (Wildman–Crippen MR) is 165 cm³/mol. The Bertz CT molecular complexity index is 1090. The molecule has 0 N–H and O–H groups in total. The molecule has 4 aromatic rings. The lowest BCUT2D eigenvalue weighted by molar-refractivity contribution is -0.697. The molecule has 0 aliphatic heterocycles. The van der Waals surface area contributed by atoms with Crippen molar-refractivity contribution in [2.24, 2.45) is 0 Å². The highest BCUT2D eigenvalue weighted by Crippen LogP contribution is 2.21. The van der Waals surface area contributed by atoms with Gasteiger partial charge in [0, 0.05) is 18.6 Å². The molecule has 39 heavy (non-hydrogen) atoms. The van der Waals surface area contributed by atoms with E-state index in [2.05, 4.69) is 116 Å². The van der Waals surface area contributed by atoms with Crippen LogP contribution in [0.1, 0.15) is 39.5 Å². The van der Waals surface area contributed by atoms with Crippen molar-refractivity contribution in [3.63, 3.8) is 0 Å². The quantitative estimate of drug-likeness (QED) is 0.174. The molecule has 0 saturated carbocycles. The van der Waals surface area contributed by atoms with Crippen LogP contribution in [-0.2, 0) is 6.54 Å². The second-order valence-corrected chi connectivity index (χ2v) is 9.97. The fourth-order valence-corrected chi connectivity index (χ4v) is 5.31. The number of unbranched alkanes of at least 4 members (excludes halogenated alkanes) is 2. The maximum Gasteiger partial charge on any atom is 0.168 e. The molecule has 0 saturated heterocycles. The molecule has 4 nitrogen and oxygen atoms in total. The van der Waals surface area contributed by atoms with Crippen LogP contribution in [0.5, 0.6) is 17.2 Å². The number of rotatable bonds is 12. The Kier molecular flexibility index (Phi) is 12.0. The normalized spacial score (nSPS) is 10.8. The maximum absolute atomic E-state index is 5.41. The van der Waals surface area contributed by atoms with Crippen LogP contribution in [0.25, 0.3) is 0 Å². The Hall–Kier alpha value is -3.73. The number of ether oxygens (including phenoxy) is 3. The summed E-state index contributed by atoms with van der Waals surface area (Å²) in [6.07, 6.45) is 8.97. The van der Waals surface area contributed by atoms with Gasteiger partial charge >= 0.3 is 0 Å². The number of hydrogen-bond acceptors (Lipinski definition) is 3. The van der Waals surface area contributed by atoms with Gasteiger partial charge in [0.2, 0.25) is 0 Å². The standard InChI is InChI=1S/C25H30BO3.C9H14N/c1-5-6-19-26(20-7-13-23(27-2)14-8-20,21-9-15-24(28-3)16-10-21)22-11-17-25(29-4)18-12-22;1-2-3-7-10-8-5-4-6-9-10/h7-18H,5-6,19H2,1-4H3;4-6,8-9H,2-3,7H2,1H3/q-1;+1. The zero-order chi connectivity index (χ0) is 27.9. The SMILES string of the molecule is CCCC[B-](c1ccc(OC)cc1)(c1ccc(OC)cc1)c1ccc(OC)cc1.CCCC[n+]1ccccc1. The van der Waals surface area contributed by atoms with E-state index >= 15 is 0 Å². The van der Waals surface area contributed by atoms with Crippen molar-refractivity contribution < 1.29 is 18.8 Å². The van der Waals surface area contributed by atoms with Crippen LogP contribution in [-0.4, -0.2) is 27.5 Å². The molecular weight excluding hydrogens is 481 g/mol. The van der Waals surface area contributed by atoms with Gasteiger partial charge in [0.1, 0.15) is 23.8 Å². The highest BCUT2D eigenvalue weighted by Gasteiger charge is 2.29. The molecule has 0 unspecified atom stereocenters. The number of benzene rings is 3. The number of methoxy groups -OCH3 is 3. The molecule has 206 valence electrons. The van der Waals surface area contributed by atoms with Crippen LogP contribution in [0.3, 0.4) is 0 Å². The van der Waals surface area contributed by atoms with Crippen LogP contribution in [0.4, 0.5) is 0 Å². The Morgan fingerprint density at radius 2 is 0.923 bits per heavy atom. The number of nitrogens with zero attached hydrogens (tertiary/aromatic N) is 1. The molecule has 1 heterocycles. The molecule has 0 spiro atoms. The fourth-order valence-electron chi connectivity index (χ4n) is 5.31. The number of aromatic nitrogens is 1. The second kappa shape index (κ2) is 15.6. The van der Waals surface area contributed by atoms with E-state index in [4.69, 9.17) is 14.2 Å². The van der Waals surface area contributed by atoms with Crippen molar-refractivity contribution >= 4 is 22.5 Å². The van der Waals surface area contributed by atoms with Crippen LogP contribution < -0.4 is 35.2 Å². The van der Waals surface area contributed by atoms with Crippen molar-refractivity contribution in [2.45, 2.75) is 52.4 Å². The van der Waals surface area contributed by atoms with E-state index in [9.17, 15) is 0 Å². The van der Waals surface area contributed by atoms with Crippen molar-refractivity contribution in [1.82, 2.24) is 0 Å². The third kappa shape index (κ3) is 7.89. The van der Waals surface area contributed by atoms with E-state index in [1.54, 1.807) is 21.3 Å². The van der Waals surface area contributed by atoms with Crippen molar-refractivity contribution in [3.8, 4) is 17.2 Å². The summed E-state index contributed by atoms with van der Waals surface area (Å²) in [6, 6.07) is 31.8. The van der Waals surface area contributed by atoms with Crippen LogP contribution in [0, 0.1) is 0 Å². The zero-order valence-corrected chi connectivity index (χ0v) is 24.3. The minimum absolute atomic E-state index is 0.874. The monoisotopic (exact) mass is 525 g/mol. The second-order valence-electron chi connectivity index (χ2n) is 9.97. The van der Waals surface area contributed by atoms with Gasteiger partial charge in [-0.2, -0.15) is 22.7 Å². The molecule has 0 bridgehead atoms. The van der Waals surface area contributed by atoms with Gasteiger partial charge in [0.15, 0.2) is 12.4 Å². The van der Waals surface area contributed by atoms with E-state index in [-0.39, 0.29) is 0 Å². The summed E-state index contributed by atoms with van der Waals surface area (Å²) < 4.78 is 18.4. The third-order valence-electron chi connectivity index (χ3n) is 7.59. The molecule has 0 radical (unpaired) electrons. The molecule has 3 aromatic carbocycles. The van der Waals surface area contributed by atoms with E-state index in [1.807, 2.05) is 6.07 Å². The average Bonchev–Trinajstić information content (AvgIpc) is 3.02. The molecule has 0 fully saturated rings. The Morgan fingerprint density at radius 3 is 1.26 bits per heavy atom. The van der Waals surface area contributed by atoms with Crippen molar-refractivity contribution in [1.29, 1.82) is 0 Å².